The predicted octanol–water partition coefficient (Wildman–Crippen LogP) is 5.43. The molecule has 0 atom stereocenters. The van der Waals surface area contributed by atoms with Crippen LogP contribution in [0.3, 0.4) is 0 Å². The van der Waals surface area contributed by atoms with Crippen molar-refractivity contribution in [3.8, 4) is 0 Å². The van der Waals surface area contributed by atoms with Gasteiger partial charge in [-0.3, -0.25) is 4.79 Å². The number of carboxylic acids is 1. The van der Waals surface area contributed by atoms with Crippen molar-refractivity contribution < 1.29 is 9.90 Å². The monoisotopic (exact) mass is 322 g/mol. The molecule has 0 spiro atoms. The van der Waals surface area contributed by atoms with Crippen LogP contribution in [-0.4, -0.2) is 20.6 Å². The lowest BCUT2D eigenvalue weighted by Crippen LogP contribution is -1.94. The first-order valence-electron chi connectivity index (χ1n) is 9.46. The first-order valence-corrected chi connectivity index (χ1v) is 9.46. The summed E-state index contributed by atoms with van der Waals surface area (Å²) in [6, 6.07) is 0. The number of aryl methyl sites for hydroxylation is 1. The van der Waals surface area contributed by atoms with Crippen molar-refractivity contribution in [1.29, 1.82) is 0 Å². The van der Waals surface area contributed by atoms with Crippen LogP contribution in [0.5, 0.6) is 0 Å². The minimum Gasteiger partial charge on any atom is -0.481 e. The topological polar surface area (TPSA) is 55.1 Å². The highest BCUT2D eigenvalue weighted by atomic mass is 16.4. The summed E-state index contributed by atoms with van der Waals surface area (Å²) >= 11 is 0. The number of unbranched alkanes of at least 4 members (excludes halogenated alkanes) is 12. The number of aliphatic carboxylic acids is 1. The molecule has 0 unspecified atom stereocenters. The maximum absolute atomic E-state index is 10.4. The van der Waals surface area contributed by atoms with Gasteiger partial charge in [0.25, 0.3) is 0 Å². The zero-order valence-corrected chi connectivity index (χ0v) is 14.6. The lowest BCUT2D eigenvalue weighted by atomic mass is 10.0. The van der Waals surface area contributed by atoms with E-state index in [2.05, 4.69) is 9.55 Å². The molecular formula is C19H34N2O2. The van der Waals surface area contributed by atoms with Crippen LogP contribution >= 0.6 is 0 Å². The summed E-state index contributed by atoms with van der Waals surface area (Å²) in [5, 5.41) is 8.54. The summed E-state index contributed by atoms with van der Waals surface area (Å²) in [6.45, 7) is 1.10. The molecule has 1 N–H and O–H groups in total. The number of hydrogen-bond donors (Lipinski definition) is 1. The predicted molar refractivity (Wildman–Crippen MR) is 94.5 cm³/mol. The van der Waals surface area contributed by atoms with Crippen LogP contribution in [0.4, 0.5) is 0 Å². The van der Waals surface area contributed by atoms with Crippen molar-refractivity contribution in [3.63, 3.8) is 0 Å². The molecule has 132 valence electrons. The van der Waals surface area contributed by atoms with Gasteiger partial charge in [0.15, 0.2) is 0 Å². The highest BCUT2D eigenvalue weighted by molar-refractivity contribution is 5.66. The quantitative estimate of drug-likeness (QED) is 0.413. The molecule has 0 aromatic carbocycles. The normalized spacial score (nSPS) is 11.0. The van der Waals surface area contributed by atoms with Gasteiger partial charge in [0.2, 0.25) is 0 Å². The Bertz CT molecular complexity index is 377. The third-order valence-corrected chi connectivity index (χ3v) is 4.37. The van der Waals surface area contributed by atoms with Gasteiger partial charge in [0.05, 0.1) is 6.33 Å². The van der Waals surface area contributed by atoms with E-state index in [1.165, 1.54) is 70.6 Å². The Morgan fingerprint density at radius 3 is 1.70 bits per heavy atom. The van der Waals surface area contributed by atoms with Crippen LogP contribution in [0.1, 0.15) is 89.9 Å². The SMILES string of the molecule is O=C(O)CCCCCCCCCCCCCCCn1ccnc1. The molecule has 1 aromatic rings. The Hall–Kier alpha value is -1.32. The minimum absolute atomic E-state index is 0.336. The molecule has 4 nitrogen and oxygen atoms in total. The van der Waals surface area contributed by atoms with Gasteiger partial charge >= 0.3 is 5.97 Å². The number of carbonyl (C=O) groups is 1. The largest absolute Gasteiger partial charge is 0.481 e. The van der Waals surface area contributed by atoms with Crippen LogP contribution in [0.15, 0.2) is 18.7 Å². The molecule has 0 amide bonds. The minimum atomic E-state index is -0.660. The Labute approximate surface area is 141 Å². The van der Waals surface area contributed by atoms with Crippen LogP contribution in [0.2, 0.25) is 0 Å². The van der Waals surface area contributed by atoms with Gasteiger partial charge in [-0.25, -0.2) is 4.98 Å². The van der Waals surface area contributed by atoms with E-state index in [1.54, 1.807) is 0 Å². The van der Waals surface area contributed by atoms with Crippen molar-refractivity contribution in [2.75, 3.05) is 0 Å². The van der Waals surface area contributed by atoms with Gasteiger partial charge in [0, 0.05) is 25.4 Å². The number of nitrogens with zero attached hydrogens (tertiary/aromatic N) is 2. The first-order chi connectivity index (χ1) is 11.3. The lowest BCUT2D eigenvalue weighted by Gasteiger charge is -2.04. The third kappa shape index (κ3) is 12.9. The maximum atomic E-state index is 10.4. The van der Waals surface area contributed by atoms with Crippen LogP contribution < -0.4 is 0 Å². The molecule has 1 aromatic heterocycles. The van der Waals surface area contributed by atoms with Crippen molar-refractivity contribution in [2.24, 2.45) is 0 Å². The van der Waals surface area contributed by atoms with E-state index in [0.717, 1.165) is 19.4 Å². The average Bonchev–Trinajstić information content (AvgIpc) is 3.04. The average molecular weight is 322 g/mol. The van der Waals surface area contributed by atoms with Crippen LogP contribution in [-0.2, 0) is 11.3 Å². The van der Waals surface area contributed by atoms with Gasteiger partial charge in [-0.2, -0.15) is 0 Å². The number of hydrogen-bond acceptors (Lipinski definition) is 2. The zero-order chi connectivity index (χ0) is 16.6. The molecule has 0 radical (unpaired) electrons. The highest BCUT2D eigenvalue weighted by Gasteiger charge is 1.97. The maximum Gasteiger partial charge on any atom is 0.303 e. The molecule has 0 aliphatic carbocycles. The van der Waals surface area contributed by atoms with E-state index in [9.17, 15) is 4.79 Å². The van der Waals surface area contributed by atoms with Crippen LogP contribution in [0.25, 0.3) is 0 Å². The molecule has 0 saturated carbocycles. The summed E-state index contributed by atoms with van der Waals surface area (Å²) in [4.78, 5) is 14.4. The molecule has 0 saturated heterocycles. The smallest absolute Gasteiger partial charge is 0.303 e. The first kappa shape index (κ1) is 19.7. The fourth-order valence-electron chi connectivity index (χ4n) is 2.93. The summed E-state index contributed by atoms with van der Waals surface area (Å²) in [5.41, 5.74) is 0. The third-order valence-electron chi connectivity index (χ3n) is 4.37. The van der Waals surface area contributed by atoms with Crippen molar-refractivity contribution >= 4 is 5.97 Å². The molecular weight excluding hydrogens is 288 g/mol. The van der Waals surface area contributed by atoms with E-state index in [4.69, 9.17) is 5.11 Å². The van der Waals surface area contributed by atoms with Crippen molar-refractivity contribution in [3.05, 3.63) is 18.7 Å². The summed E-state index contributed by atoms with van der Waals surface area (Å²) < 4.78 is 2.15. The molecule has 23 heavy (non-hydrogen) atoms. The van der Waals surface area contributed by atoms with Gasteiger partial charge in [-0.15, -0.1) is 0 Å². The van der Waals surface area contributed by atoms with Crippen molar-refractivity contribution in [2.45, 2.75) is 96.4 Å². The Morgan fingerprint density at radius 1 is 0.783 bits per heavy atom. The van der Waals surface area contributed by atoms with E-state index >= 15 is 0 Å². The molecule has 4 heteroatoms. The molecule has 0 aliphatic heterocycles. The van der Waals surface area contributed by atoms with Gasteiger partial charge in [-0.1, -0.05) is 70.6 Å². The van der Waals surface area contributed by atoms with E-state index < -0.39 is 5.97 Å². The van der Waals surface area contributed by atoms with Gasteiger partial charge in [-0.05, 0) is 12.8 Å². The second-order valence-corrected chi connectivity index (χ2v) is 6.54. The number of rotatable bonds is 16. The zero-order valence-electron chi connectivity index (χ0n) is 14.6. The van der Waals surface area contributed by atoms with E-state index in [-0.39, 0.29) is 0 Å². The van der Waals surface area contributed by atoms with E-state index in [0.29, 0.717) is 6.42 Å². The fourth-order valence-corrected chi connectivity index (χ4v) is 2.93. The second kappa shape index (κ2) is 14.3. The fraction of sp³-hybridized carbons (Fsp3) is 0.789. The number of imidazole rings is 1. The summed E-state index contributed by atoms with van der Waals surface area (Å²) in [7, 11) is 0. The standard InChI is InChI=1S/C19H34N2O2/c22-19(23)14-12-10-8-6-4-2-1-3-5-7-9-11-13-16-21-17-15-20-18-21/h15,17-18H,1-14,16H2,(H,22,23). The Morgan fingerprint density at radius 2 is 1.26 bits per heavy atom. The number of aromatic nitrogens is 2. The summed E-state index contributed by atoms with van der Waals surface area (Å²) in [5.74, 6) is -0.660. The molecule has 0 bridgehead atoms. The van der Waals surface area contributed by atoms with Gasteiger partial charge < -0.3 is 9.67 Å². The highest BCUT2D eigenvalue weighted by Crippen LogP contribution is 2.13. The molecule has 0 fully saturated rings. The van der Waals surface area contributed by atoms with Crippen molar-refractivity contribution in [1.82, 2.24) is 9.55 Å². The Balaban J connectivity index is 1.69. The molecule has 1 heterocycles. The van der Waals surface area contributed by atoms with Gasteiger partial charge in [0.1, 0.15) is 0 Å². The summed E-state index contributed by atoms with van der Waals surface area (Å²) in [6.07, 6.45) is 22.6. The molecule has 0 aliphatic rings. The molecule has 1 rings (SSSR count). The van der Waals surface area contributed by atoms with Crippen LogP contribution in [0, 0.1) is 0 Å². The Kier molecular flexibility index (Phi) is 12.3. The lowest BCUT2D eigenvalue weighted by molar-refractivity contribution is -0.137. The van der Waals surface area contributed by atoms with E-state index in [1.807, 2.05) is 18.7 Å². The second-order valence-electron chi connectivity index (χ2n) is 6.54. The number of carboxylic acid groups (broad SMARTS) is 1.